The van der Waals surface area contributed by atoms with Gasteiger partial charge in [-0.05, 0) is 25.0 Å². The molecule has 3 rings (SSSR count). The number of thiazole rings is 1. The van der Waals surface area contributed by atoms with Crippen LogP contribution >= 0.6 is 11.3 Å². The van der Waals surface area contributed by atoms with E-state index in [2.05, 4.69) is 10.3 Å². The Morgan fingerprint density at radius 1 is 1.29 bits per heavy atom. The van der Waals surface area contributed by atoms with Crippen molar-refractivity contribution in [2.75, 3.05) is 0 Å². The van der Waals surface area contributed by atoms with E-state index < -0.39 is 0 Å². The van der Waals surface area contributed by atoms with Crippen molar-refractivity contribution >= 4 is 17.4 Å². The van der Waals surface area contributed by atoms with Crippen molar-refractivity contribution in [3.05, 3.63) is 35.8 Å². The molecule has 0 atom stereocenters. The molecule has 1 fully saturated rings. The Morgan fingerprint density at radius 2 is 2.14 bits per heavy atom. The molecule has 1 saturated carbocycles. The molecule has 110 valence electrons. The largest absolute Gasteiger partial charge is 0.412 e. The third-order valence-electron chi connectivity index (χ3n) is 3.65. The van der Waals surface area contributed by atoms with Crippen LogP contribution in [0.2, 0.25) is 0 Å². The lowest BCUT2D eigenvalue weighted by molar-refractivity contribution is 0.192. The van der Waals surface area contributed by atoms with E-state index in [1.54, 1.807) is 23.6 Å². The molecule has 4 nitrogen and oxygen atoms in total. The molecule has 0 spiro atoms. The van der Waals surface area contributed by atoms with Crippen LogP contribution in [-0.4, -0.2) is 17.1 Å². The standard InChI is InChI=1S/C16H18N2O2S/c19-16(18-13-6-2-1-3-7-13)20-14-8-4-5-12(11-14)15-17-9-10-21-15/h4-5,8-11,13H,1-3,6-7H2,(H,18,19). The monoisotopic (exact) mass is 302 g/mol. The predicted octanol–water partition coefficient (Wildman–Crippen LogP) is 4.23. The Bertz CT molecular complexity index is 592. The van der Waals surface area contributed by atoms with Crippen molar-refractivity contribution in [2.45, 2.75) is 38.1 Å². The van der Waals surface area contributed by atoms with E-state index in [0.717, 1.165) is 23.4 Å². The van der Waals surface area contributed by atoms with Crippen LogP contribution in [-0.2, 0) is 0 Å². The molecule has 0 unspecified atom stereocenters. The number of benzene rings is 1. The van der Waals surface area contributed by atoms with Crippen LogP contribution in [0.15, 0.2) is 35.8 Å². The summed E-state index contributed by atoms with van der Waals surface area (Å²) in [4.78, 5) is 16.2. The van der Waals surface area contributed by atoms with E-state index in [9.17, 15) is 4.79 Å². The molecule has 5 heteroatoms. The molecule has 21 heavy (non-hydrogen) atoms. The van der Waals surface area contributed by atoms with Gasteiger partial charge in [0.2, 0.25) is 0 Å². The van der Waals surface area contributed by atoms with Gasteiger partial charge in [0.25, 0.3) is 0 Å². The minimum atomic E-state index is -0.363. The molecule has 1 heterocycles. The molecule has 2 aromatic rings. The van der Waals surface area contributed by atoms with E-state index in [1.807, 2.05) is 23.6 Å². The molecular formula is C16H18N2O2S. The average Bonchev–Trinajstić information content (AvgIpc) is 3.02. The highest BCUT2D eigenvalue weighted by molar-refractivity contribution is 7.13. The first kappa shape index (κ1) is 14.1. The lowest BCUT2D eigenvalue weighted by Crippen LogP contribution is -2.37. The second kappa shape index (κ2) is 6.72. The molecule has 1 amide bonds. The summed E-state index contributed by atoms with van der Waals surface area (Å²) in [5, 5.41) is 5.80. The van der Waals surface area contributed by atoms with Crippen LogP contribution in [0.1, 0.15) is 32.1 Å². The topological polar surface area (TPSA) is 51.2 Å². The molecule has 0 bridgehead atoms. The van der Waals surface area contributed by atoms with Gasteiger partial charge in [-0.15, -0.1) is 11.3 Å². The summed E-state index contributed by atoms with van der Waals surface area (Å²) in [6.45, 7) is 0. The van der Waals surface area contributed by atoms with Crippen molar-refractivity contribution in [3.8, 4) is 16.3 Å². The first-order valence-electron chi connectivity index (χ1n) is 7.29. The van der Waals surface area contributed by atoms with Crippen molar-refractivity contribution in [3.63, 3.8) is 0 Å². The molecule has 0 aliphatic heterocycles. The Balaban J connectivity index is 1.62. The first-order chi connectivity index (χ1) is 10.3. The molecule has 1 aliphatic rings. The van der Waals surface area contributed by atoms with Crippen LogP contribution < -0.4 is 10.1 Å². The van der Waals surface area contributed by atoms with E-state index in [0.29, 0.717) is 5.75 Å². The summed E-state index contributed by atoms with van der Waals surface area (Å²) in [6, 6.07) is 7.73. The van der Waals surface area contributed by atoms with Crippen LogP contribution in [0.3, 0.4) is 0 Å². The normalized spacial score (nSPS) is 15.6. The molecule has 1 aliphatic carbocycles. The second-order valence-corrected chi connectivity index (χ2v) is 6.13. The van der Waals surface area contributed by atoms with Gasteiger partial charge in [-0.3, -0.25) is 0 Å². The number of nitrogens with one attached hydrogen (secondary N) is 1. The zero-order chi connectivity index (χ0) is 14.5. The highest BCUT2D eigenvalue weighted by Crippen LogP contribution is 2.25. The molecule has 0 radical (unpaired) electrons. The third kappa shape index (κ3) is 3.82. The Hall–Kier alpha value is -1.88. The molecule has 0 saturated heterocycles. The maximum absolute atomic E-state index is 11.9. The van der Waals surface area contributed by atoms with E-state index in [4.69, 9.17) is 4.74 Å². The van der Waals surface area contributed by atoms with Gasteiger partial charge in [0, 0.05) is 23.2 Å². The third-order valence-corrected chi connectivity index (χ3v) is 4.47. The summed E-state index contributed by atoms with van der Waals surface area (Å²) >= 11 is 1.56. The lowest BCUT2D eigenvalue weighted by Gasteiger charge is -2.22. The van der Waals surface area contributed by atoms with Gasteiger partial charge >= 0.3 is 6.09 Å². The zero-order valence-electron chi connectivity index (χ0n) is 11.7. The molecular weight excluding hydrogens is 284 g/mol. The number of ether oxygens (including phenoxy) is 1. The Morgan fingerprint density at radius 3 is 2.90 bits per heavy atom. The van der Waals surface area contributed by atoms with Crippen LogP contribution in [0.25, 0.3) is 10.6 Å². The maximum atomic E-state index is 11.9. The van der Waals surface area contributed by atoms with Gasteiger partial charge in [-0.1, -0.05) is 31.4 Å². The van der Waals surface area contributed by atoms with Gasteiger partial charge in [-0.2, -0.15) is 0 Å². The van der Waals surface area contributed by atoms with E-state index >= 15 is 0 Å². The van der Waals surface area contributed by atoms with Crippen LogP contribution in [0.5, 0.6) is 5.75 Å². The summed E-state index contributed by atoms with van der Waals surface area (Å²) < 4.78 is 5.38. The Kier molecular flexibility index (Phi) is 4.50. The minimum absolute atomic E-state index is 0.258. The molecule has 1 aromatic carbocycles. The number of hydrogen-bond acceptors (Lipinski definition) is 4. The highest BCUT2D eigenvalue weighted by atomic mass is 32.1. The van der Waals surface area contributed by atoms with Crippen LogP contribution in [0.4, 0.5) is 4.79 Å². The van der Waals surface area contributed by atoms with Gasteiger partial charge in [0.15, 0.2) is 0 Å². The van der Waals surface area contributed by atoms with E-state index in [-0.39, 0.29) is 12.1 Å². The number of hydrogen-bond donors (Lipinski definition) is 1. The predicted molar refractivity (Wildman–Crippen MR) is 83.6 cm³/mol. The maximum Gasteiger partial charge on any atom is 0.412 e. The lowest BCUT2D eigenvalue weighted by atomic mass is 9.96. The molecule has 1 aromatic heterocycles. The zero-order valence-corrected chi connectivity index (χ0v) is 12.6. The average molecular weight is 302 g/mol. The van der Waals surface area contributed by atoms with E-state index in [1.165, 1.54) is 19.3 Å². The number of nitrogens with zero attached hydrogens (tertiary/aromatic N) is 1. The number of rotatable bonds is 3. The van der Waals surface area contributed by atoms with Gasteiger partial charge in [0.1, 0.15) is 10.8 Å². The van der Waals surface area contributed by atoms with Crippen LogP contribution in [0, 0.1) is 0 Å². The summed E-state index contributed by atoms with van der Waals surface area (Å²) in [6.07, 6.45) is 7.14. The molecule has 1 N–H and O–H groups in total. The van der Waals surface area contributed by atoms with Crippen molar-refractivity contribution in [1.29, 1.82) is 0 Å². The van der Waals surface area contributed by atoms with Crippen molar-refractivity contribution in [1.82, 2.24) is 10.3 Å². The second-order valence-electron chi connectivity index (χ2n) is 5.23. The summed E-state index contributed by atoms with van der Waals surface area (Å²) in [5.41, 5.74) is 0.966. The number of carbonyl (C=O) groups is 1. The summed E-state index contributed by atoms with van der Waals surface area (Å²) in [7, 11) is 0. The summed E-state index contributed by atoms with van der Waals surface area (Å²) in [5.74, 6) is 0.552. The fourth-order valence-electron chi connectivity index (χ4n) is 2.61. The fourth-order valence-corrected chi connectivity index (χ4v) is 3.24. The Labute approximate surface area is 128 Å². The first-order valence-corrected chi connectivity index (χ1v) is 8.17. The highest BCUT2D eigenvalue weighted by Gasteiger charge is 2.16. The van der Waals surface area contributed by atoms with Gasteiger partial charge in [-0.25, -0.2) is 9.78 Å². The SMILES string of the molecule is O=C(NC1CCCCC1)Oc1cccc(-c2nccs2)c1. The van der Waals surface area contributed by atoms with Gasteiger partial charge in [0.05, 0.1) is 0 Å². The number of amides is 1. The smallest absolute Gasteiger partial charge is 0.410 e. The van der Waals surface area contributed by atoms with Crippen molar-refractivity contribution < 1.29 is 9.53 Å². The minimum Gasteiger partial charge on any atom is -0.410 e. The quantitative estimate of drug-likeness (QED) is 0.923. The van der Waals surface area contributed by atoms with Gasteiger partial charge < -0.3 is 10.1 Å². The fraction of sp³-hybridized carbons (Fsp3) is 0.375. The van der Waals surface area contributed by atoms with Crippen molar-refractivity contribution in [2.24, 2.45) is 0 Å². The number of carbonyl (C=O) groups excluding carboxylic acids is 1. The number of aromatic nitrogens is 1.